The molecule has 0 bridgehead atoms. The van der Waals surface area contributed by atoms with E-state index in [9.17, 15) is 0 Å². The molecule has 0 fully saturated rings. The number of aliphatic imine (C=N–C) groups is 1. The number of guanidine groups is 1. The van der Waals surface area contributed by atoms with E-state index in [1.54, 1.807) is 0 Å². The van der Waals surface area contributed by atoms with Gasteiger partial charge in [0.1, 0.15) is 0 Å². The minimum absolute atomic E-state index is 0.422. The summed E-state index contributed by atoms with van der Waals surface area (Å²) in [4.78, 5) is 7.24. The van der Waals surface area contributed by atoms with Crippen LogP contribution < -0.4 is 10.6 Å². The first-order valence-electron chi connectivity index (χ1n) is 10.2. The lowest BCUT2D eigenvalue weighted by molar-refractivity contribution is 0.292. The first-order chi connectivity index (χ1) is 12.4. The molecule has 6 heteroatoms. The molecule has 0 spiro atoms. The Hall–Kier alpha value is -1.56. The standard InChI is InChI=1S/C20H40N6/c1-8-21-20(23-16(4)12-11-15-26(9-2)10-3)22-14-13-19-17(5)24-25(7)18(19)6/h16H,8-15H2,1-7H3,(H2,21,22,23). The molecule has 0 aliphatic carbocycles. The molecule has 1 unspecified atom stereocenters. The van der Waals surface area contributed by atoms with E-state index < -0.39 is 0 Å². The fraction of sp³-hybridized carbons (Fsp3) is 0.800. The average Bonchev–Trinajstić information content (AvgIpc) is 2.85. The molecule has 1 rings (SSSR count). The third-order valence-corrected chi connectivity index (χ3v) is 5.02. The van der Waals surface area contributed by atoms with Crippen molar-refractivity contribution in [2.75, 3.05) is 32.7 Å². The highest BCUT2D eigenvalue weighted by Crippen LogP contribution is 2.12. The highest BCUT2D eigenvalue weighted by molar-refractivity contribution is 5.80. The highest BCUT2D eigenvalue weighted by atomic mass is 15.3. The van der Waals surface area contributed by atoms with E-state index in [0.29, 0.717) is 6.04 Å². The number of hydrogen-bond acceptors (Lipinski definition) is 3. The zero-order valence-electron chi connectivity index (χ0n) is 18.0. The maximum Gasteiger partial charge on any atom is 0.191 e. The van der Waals surface area contributed by atoms with Gasteiger partial charge in [-0.2, -0.15) is 5.10 Å². The Morgan fingerprint density at radius 1 is 1.23 bits per heavy atom. The summed E-state index contributed by atoms with van der Waals surface area (Å²) in [5, 5.41) is 11.4. The molecule has 1 atom stereocenters. The van der Waals surface area contributed by atoms with Gasteiger partial charge in [0.15, 0.2) is 5.96 Å². The summed E-state index contributed by atoms with van der Waals surface area (Å²) in [6, 6.07) is 0.422. The third kappa shape index (κ3) is 7.36. The SMILES string of the molecule is CCNC(=NCCc1c(C)nn(C)c1C)NC(C)CCCN(CC)CC. The second-order valence-corrected chi connectivity index (χ2v) is 7.00. The van der Waals surface area contributed by atoms with Crippen molar-refractivity contribution < 1.29 is 0 Å². The molecule has 0 radical (unpaired) electrons. The minimum Gasteiger partial charge on any atom is -0.357 e. The van der Waals surface area contributed by atoms with Gasteiger partial charge in [-0.25, -0.2) is 0 Å². The van der Waals surface area contributed by atoms with Crippen LogP contribution in [0.1, 0.15) is 57.5 Å². The van der Waals surface area contributed by atoms with Gasteiger partial charge in [0.05, 0.1) is 5.69 Å². The molecule has 2 N–H and O–H groups in total. The van der Waals surface area contributed by atoms with Crippen LogP contribution in [-0.4, -0.2) is 59.4 Å². The number of aryl methyl sites for hydroxylation is 2. The smallest absolute Gasteiger partial charge is 0.191 e. The molecule has 0 saturated heterocycles. The van der Waals surface area contributed by atoms with Crippen molar-refractivity contribution in [2.24, 2.45) is 12.0 Å². The van der Waals surface area contributed by atoms with Gasteiger partial charge < -0.3 is 15.5 Å². The molecule has 0 aliphatic heterocycles. The monoisotopic (exact) mass is 364 g/mol. The molecule has 0 amide bonds. The molecule has 6 nitrogen and oxygen atoms in total. The van der Waals surface area contributed by atoms with E-state index in [1.165, 1.54) is 24.2 Å². The van der Waals surface area contributed by atoms with Gasteiger partial charge in [-0.1, -0.05) is 13.8 Å². The predicted molar refractivity (Wildman–Crippen MR) is 112 cm³/mol. The predicted octanol–water partition coefficient (Wildman–Crippen LogP) is 2.65. The van der Waals surface area contributed by atoms with Crippen LogP contribution in [0.3, 0.4) is 0 Å². The normalized spacial score (nSPS) is 13.3. The third-order valence-electron chi connectivity index (χ3n) is 5.02. The van der Waals surface area contributed by atoms with Crippen LogP contribution in [0.4, 0.5) is 0 Å². The number of nitrogens with one attached hydrogen (secondary N) is 2. The lowest BCUT2D eigenvalue weighted by Gasteiger charge is -2.21. The Morgan fingerprint density at radius 2 is 1.92 bits per heavy atom. The topological polar surface area (TPSA) is 57.5 Å². The van der Waals surface area contributed by atoms with Gasteiger partial charge in [0.25, 0.3) is 0 Å². The Morgan fingerprint density at radius 3 is 2.46 bits per heavy atom. The largest absolute Gasteiger partial charge is 0.357 e. The molecule has 26 heavy (non-hydrogen) atoms. The Labute approximate surface area is 160 Å². The lowest BCUT2D eigenvalue weighted by Crippen LogP contribution is -2.42. The molecule has 1 aromatic heterocycles. The van der Waals surface area contributed by atoms with Crippen molar-refractivity contribution in [3.8, 4) is 0 Å². The van der Waals surface area contributed by atoms with Gasteiger partial charge in [-0.15, -0.1) is 0 Å². The molecule has 0 saturated carbocycles. The number of aromatic nitrogens is 2. The summed E-state index contributed by atoms with van der Waals surface area (Å²) in [5.41, 5.74) is 3.67. The zero-order valence-corrected chi connectivity index (χ0v) is 18.0. The molecule has 1 aromatic rings. The summed E-state index contributed by atoms with van der Waals surface area (Å²) in [6.45, 7) is 18.1. The molecule has 1 heterocycles. The van der Waals surface area contributed by atoms with Gasteiger partial charge in [-0.3, -0.25) is 9.67 Å². The van der Waals surface area contributed by atoms with Crippen LogP contribution in [0, 0.1) is 13.8 Å². The van der Waals surface area contributed by atoms with Crippen molar-refractivity contribution in [1.82, 2.24) is 25.3 Å². The van der Waals surface area contributed by atoms with E-state index in [4.69, 9.17) is 4.99 Å². The Kier molecular flexibility index (Phi) is 10.3. The summed E-state index contributed by atoms with van der Waals surface area (Å²) in [7, 11) is 2.00. The summed E-state index contributed by atoms with van der Waals surface area (Å²) < 4.78 is 1.95. The quantitative estimate of drug-likeness (QED) is 0.468. The minimum atomic E-state index is 0.422. The van der Waals surface area contributed by atoms with E-state index >= 15 is 0 Å². The number of nitrogens with zero attached hydrogens (tertiary/aromatic N) is 4. The maximum atomic E-state index is 4.76. The van der Waals surface area contributed by atoms with Gasteiger partial charge in [0, 0.05) is 31.9 Å². The van der Waals surface area contributed by atoms with E-state index in [2.05, 4.69) is 62.2 Å². The molecular weight excluding hydrogens is 324 g/mol. The van der Waals surface area contributed by atoms with E-state index in [0.717, 1.165) is 50.7 Å². The van der Waals surface area contributed by atoms with Crippen LogP contribution in [0.5, 0.6) is 0 Å². The highest BCUT2D eigenvalue weighted by Gasteiger charge is 2.10. The fourth-order valence-electron chi connectivity index (χ4n) is 3.25. The van der Waals surface area contributed by atoms with Crippen LogP contribution >= 0.6 is 0 Å². The van der Waals surface area contributed by atoms with Crippen molar-refractivity contribution in [3.63, 3.8) is 0 Å². The fourth-order valence-corrected chi connectivity index (χ4v) is 3.25. The van der Waals surface area contributed by atoms with Crippen LogP contribution in [0.15, 0.2) is 4.99 Å². The second-order valence-electron chi connectivity index (χ2n) is 7.00. The van der Waals surface area contributed by atoms with Crippen LogP contribution in [-0.2, 0) is 13.5 Å². The van der Waals surface area contributed by atoms with Crippen molar-refractivity contribution in [2.45, 2.75) is 66.8 Å². The summed E-state index contributed by atoms with van der Waals surface area (Å²) in [5.74, 6) is 0.919. The average molecular weight is 365 g/mol. The summed E-state index contributed by atoms with van der Waals surface area (Å²) in [6.07, 6.45) is 3.30. The maximum absolute atomic E-state index is 4.76. The number of hydrogen-bond donors (Lipinski definition) is 2. The van der Waals surface area contributed by atoms with Gasteiger partial charge in [0.2, 0.25) is 0 Å². The Balaban J connectivity index is 2.49. The molecular formula is C20H40N6. The van der Waals surface area contributed by atoms with Crippen molar-refractivity contribution >= 4 is 5.96 Å². The number of rotatable bonds is 11. The first-order valence-corrected chi connectivity index (χ1v) is 10.2. The van der Waals surface area contributed by atoms with Crippen LogP contribution in [0.25, 0.3) is 0 Å². The second kappa shape index (κ2) is 11.9. The Bertz CT molecular complexity index is 545. The lowest BCUT2D eigenvalue weighted by atomic mass is 10.1. The van der Waals surface area contributed by atoms with Crippen molar-refractivity contribution in [3.05, 3.63) is 17.0 Å². The van der Waals surface area contributed by atoms with E-state index in [1.807, 2.05) is 11.7 Å². The molecule has 0 aromatic carbocycles. The van der Waals surface area contributed by atoms with Crippen LogP contribution in [0.2, 0.25) is 0 Å². The van der Waals surface area contributed by atoms with Crippen molar-refractivity contribution in [1.29, 1.82) is 0 Å². The zero-order chi connectivity index (χ0) is 19.5. The van der Waals surface area contributed by atoms with Gasteiger partial charge >= 0.3 is 0 Å². The molecule has 150 valence electrons. The van der Waals surface area contributed by atoms with Gasteiger partial charge in [-0.05, 0) is 72.2 Å². The molecule has 0 aliphatic rings. The first kappa shape index (κ1) is 22.5. The summed E-state index contributed by atoms with van der Waals surface area (Å²) >= 11 is 0. The van der Waals surface area contributed by atoms with E-state index in [-0.39, 0.29) is 0 Å².